The van der Waals surface area contributed by atoms with Gasteiger partial charge in [-0.05, 0) is 12.1 Å². The topological polar surface area (TPSA) is 62.1 Å². The summed E-state index contributed by atoms with van der Waals surface area (Å²) in [6.45, 7) is 0.130. The highest BCUT2D eigenvalue weighted by atomic mass is 16.5. The molecule has 0 spiro atoms. The third-order valence-corrected chi connectivity index (χ3v) is 1.71. The minimum absolute atomic E-state index is 0.130. The lowest BCUT2D eigenvalue weighted by molar-refractivity contribution is -0.115. The molecule has 1 aromatic carbocycles. The Morgan fingerprint density at radius 3 is 2.94 bits per heavy atom. The van der Waals surface area contributed by atoms with Gasteiger partial charge in [-0.25, -0.2) is 0 Å². The van der Waals surface area contributed by atoms with Crippen LogP contribution in [0.1, 0.15) is 6.42 Å². The third-order valence-electron chi connectivity index (χ3n) is 1.71. The van der Waals surface area contributed by atoms with Crippen LogP contribution in [0.3, 0.4) is 0 Å². The maximum atomic E-state index is 11.2. The first-order valence-electron chi connectivity index (χ1n) is 4.60. The lowest BCUT2D eigenvalue weighted by Crippen LogP contribution is -2.11. The molecule has 4 nitrogen and oxygen atoms in total. The van der Waals surface area contributed by atoms with Crippen molar-refractivity contribution < 1.29 is 9.53 Å². The number of carbonyl (C=O) groups is 1. The Morgan fingerprint density at radius 2 is 2.25 bits per heavy atom. The minimum atomic E-state index is -0.376. The van der Waals surface area contributed by atoms with Crippen LogP contribution in [0.2, 0.25) is 0 Å². The Balaban J connectivity index is 2.75. The van der Waals surface area contributed by atoms with Gasteiger partial charge in [0.1, 0.15) is 18.8 Å². The SMILES string of the molecule is C#CCOc1ccccc1NC(=O)CC#N. The smallest absolute Gasteiger partial charge is 0.238 e. The van der Waals surface area contributed by atoms with Crippen LogP contribution < -0.4 is 10.1 Å². The average molecular weight is 214 g/mol. The lowest BCUT2D eigenvalue weighted by Gasteiger charge is -2.09. The first kappa shape index (κ1) is 11.6. The van der Waals surface area contributed by atoms with E-state index in [4.69, 9.17) is 16.4 Å². The molecule has 0 aliphatic rings. The number of nitrogens with one attached hydrogen (secondary N) is 1. The van der Waals surface area contributed by atoms with E-state index in [2.05, 4.69) is 11.2 Å². The molecule has 0 aromatic heterocycles. The molecule has 80 valence electrons. The average Bonchev–Trinajstić information content (AvgIpc) is 2.28. The highest BCUT2D eigenvalue weighted by Crippen LogP contribution is 2.23. The van der Waals surface area contributed by atoms with Crippen LogP contribution in [-0.2, 0) is 4.79 Å². The van der Waals surface area contributed by atoms with E-state index in [0.29, 0.717) is 11.4 Å². The number of carbonyl (C=O) groups excluding carboxylic acids is 1. The van der Waals surface area contributed by atoms with E-state index in [9.17, 15) is 4.79 Å². The van der Waals surface area contributed by atoms with E-state index < -0.39 is 0 Å². The van der Waals surface area contributed by atoms with Gasteiger partial charge >= 0.3 is 0 Å². The molecule has 0 aliphatic carbocycles. The minimum Gasteiger partial charge on any atom is -0.479 e. The summed E-state index contributed by atoms with van der Waals surface area (Å²) in [6.07, 6.45) is 4.88. The zero-order valence-electron chi connectivity index (χ0n) is 8.56. The number of nitrogens with zero attached hydrogens (tertiary/aromatic N) is 1. The normalized spacial score (nSPS) is 8.62. The molecule has 1 N–H and O–H groups in total. The van der Waals surface area contributed by atoms with Gasteiger partial charge in [0.05, 0.1) is 11.8 Å². The Hall–Kier alpha value is -2.46. The van der Waals surface area contributed by atoms with Crippen molar-refractivity contribution >= 4 is 11.6 Å². The molecule has 0 saturated carbocycles. The summed E-state index contributed by atoms with van der Waals surface area (Å²) in [7, 11) is 0. The molecule has 0 radical (unpaired) electrons. The van der Waals surface area contributed by atoms with Crippen molar-refractivity contribution in [1.29, 1.82) is 5.26 Å². The number of para-hydroxylation sites is 2. The number of anilines is 1. The summed E-state index contributed by atoms with van der Waals surface area (Å²) < 4.78 is 5.23. The molecule has 0 fully saturated rings. The van der Waals surface area contributed by atoms with Gasteiger partial charge in [0.2, 0.25) is 5.91 Å². The van der Waals surface area contributed by atoms with Gasteiger partial charge in [-0.3, -0.25) is 4.79 Å². The van der Waals surface area contributed by atoms with Gasteiger partial charge < -0.3 is 10.1 Å². The van der Waals surface area contributed by atoms with Gasteiger partial charge in [0, 0.05) is 0 Å². The zero-order valence-corrected chi connectivity index (χ0v) is 8.56. The van der Waals surface area contributed by atoms with E-state index in [1.165, 1.54) is 0 Å². The second kappa shape index (κ2) is 6.10. The molecule has 16 heavy (non-hydrogen) atoms. The van der Waals surface area contributed by atoms with Crippen molar-refractivity contribution in [3.8, 4) is 24.2 Å². The van der Waals surface area contributed by atoms with Gasteiger partial charge in [-0.1, -0.05) is 18.1 Å². The number of amides is 1. The maximum absolute atomic E-state index is 11.2. The van der Waals surface area contributed by atoms with E-state index in [1.807, 2.05) is 0 Å². The van der Waals surface area contributed by atoms with E-state index in [1.54, 1.807) is 30.3 Å². The van der Waals surface area contributed by atoms with Crippen LogP contribution in [0.25, 0.3) is 0 Å². The van der Waals surface area contributed by atoms with Crippen LogP contribution in [0.4, 0.5) is 5.69 Å². The van der Waals surface area contributed by atoms with Gasteiger partial charge in [-0.15, -0.1) is 6.42 Å². The summed E-state index contributed by atoms with van der Waals surface area (Å²) in [5, 5.41) is 10.9. The second-order valence-electron chi connectivity index (χ2n) is 2.87. The zero-order chi connectivity index (χ0) is 11.8. The molecule has 1 rings (SSSR count). The fraction of sp³-hybridized carbons (Fsp3) is 0.167. The van der Waals surface area contributed by atoms with Crippen LogP contribution >= 0.6 is 0 Å². The standard InChI is InChI=1S/C12H10N2O2/c1-2-9-16-11-6-4-3-5-10(11)14-12(15)7-8-13/h1,3-6H,7,9H2,(H,14,15). The first-order valence-corrected chi connectivity index (χ1v) is 4.60. The molecule has 1 aromatic rings. The highest BCUT2D eigenvalue weighted by Gasteiger charge is 2.06. The molecular formula is C12H10N2O2. The first-order chi connectivity index (χ1) is 7.77. The molecule has 0 atom stereocenters. The predicted molar refractivity (Wildman–Crippen MR) is 59.6 cm³/mol. The van der Waals surface area contributed by atoms with Crippen LogP contribution in [0.15, 0.2) is 24.3 Å². The number of hydrogen-bond acceptors (Lipinski definition) is 3. The fourth-order valence-corrected chi connectivity index (χ4v) is 1.08. The van der Waals surface area contributed by atoms with Gasteiger partial charge in [0.25, 0.3) is 0 Å². The Labute approximate surface area is 93.8 Å². The molecule has 4 heteroatoms. The predicted octanol–water partition coefficient (Wildman–Crippen LogP) is 1.55. The summed E-state index contributed by atoms with van der Waals surface area (Å²) >= 11 is 0. The molecule has 0 aliphatic heterocycles. The molecule has 0 bridgehead atoms. The number of ether oxygens (including phenoxy) is 1. The van der Waals surface area contributed by atoms with Crippen molar-refractivity contribution in [3.05, 3.63) is 24.3 Å². The molecule has 0 heterocycles. The summed E-state index contributed by atoms with van der Waals surface area (Å²) in [4.78, 5) is 11.2. The van der Waals surface area contributed by atoms with Crippen molar-refractivity contribution in [2.45, 2.75) is 6.42 Å². The largest absolute Gasteiger partial charge is 0.479 e. The summed E-state index contributed by atoms with van der Waals surface area (Å²) in [6, 6.07) is 8.66. The summed E-state index contributed by atoms with van der Waals surface area (Å²) in [5.74, 6) is 2.45. The maximum Gasteiger partial charge on any atom is 0.238 e. The molecule has 0 saturated heterocycles. The van der Waals surface area contributed by atoms with Crippen molar-refractivity contribution in [2.24, 2.45) is 0 Å². The fourth-order valence-electron chi connectivity index (χ4n) is 1.08. The lowest BCUT2D eigenvalue weighted by atomic mass is 10.3. The Morgan fingerprint density at radius 1 is 1.50 bits per heavy atom. The molecular weight excluding hydrogens is 204 g/mol. The van der Waals surface area contributed by atoms with Gasteiger partial charge in [-0.2, -0.15) is 5.26 Å². The molecule has 1 amide bonds. The van der Waals surface area contributed by atoms with Crippen molar-refractivity contribution in [2.75, 3.05) is 11.9 Å². The quantitative estimate of drug-likeness (QED) is 0.773. The van der Waals surface area contributed by atoms with Gasteiger partial charge in [0.15, 0.2) is 0 Å². The number of nitriles is 1. The van der Waals surface area contributed by atoms with Crippen LogP contribution in [0, 0.1) is 23.7 Å². The number of hydrogen-bond donors (Lipinski definition) is 1. The summed E-state index contributed by atoms with van der Waals surface area (Å²) in [5.41, 5.74) is 0.512. The number of rotatable bonds is 4. The van der Waals surface area contributed by atoms with Crippen molar-refractivity contribution in [3.63, 3.8) is 0 Å². The van der Waals surface area contributed by atoms with Crippen LogP contribution in [0.5, 0.6) is 5.75 Å². The highest BCUT2D eigenvalue weighted by molar-refractivity contribution is 5.93. The monoisotopic (exact) mass is 214 g/mol. The second-order valence-corrected chi connectivity index (χ2v) is 2.87. The van der Waals surface area contributed by atoms with Crippen LogP contribution in [-0.4, -0.2) is 12.5 Å². The van der Waals surface area contributed by atoms with E-state index in [0.717, 1.165) is 0 Å². The van der Waals surface area contributed by atoms with Crippen molar-refractivity contribution in [1.82, 2.24) is 0 Å². The number of terminal acetylenes is 1. The van der Waals surface area contributed by atoms with E-state index in [-0.39, 0.29) is 18.9 Å². The third kappa shape index (κ3) is 3.36. The Bertz CT molecular complexity index is 455. The van der Waals surface area contributed by atoms with E-state index >= 15 is 0 Å². The Kier molecular flexibility index (Phi) is 4.43. The number of benzene rings is 1. The molecule has 0 unspecified atom stereocenters.